The van der Waals surface area contributed by atoms with Crippen molar-refractivity contribution in [2.45, 2.75) is 97.8 Å². The van der Waals surface area contributed by atoms with Crippen molar-refractivity contribution in [3.63, 3.8) is 0 Å². The Morgan fingerprint density at radius 3 is 1.86 bits per heavy atom. The molecule has 0 spiro atoms. The molecule has 0 atom stereocenters. The number of nitrogens with zero attached hydrogens (tertiary/aromatic N) is 5. The molecule has 1 aliphatic rings. The highest BCUT2D eigenvalue weighted by atomic mass is 16.5. The molecule has 0 aromatic heterocycles. The SMILES string of the molecule is CCCCCCCCN(CCCCCCCC)c1ccc(OC)c(C2=NC(OC)=NC2=Nc2ccc(N(C)C)cc2C)c1. The van der Waals surface area contributed by atoms with E-state index < -0.39 is 0 Å². The summed E-state index contributed by atoms with van der Waals surface area (Å²) in [6, 6.07) is 13.0. The van der Waals surface area contributed by atoms with Gasteiger partial charge in [-0.25, -0.2) is 4.99 Å². The number of amidine groups is 2. The predicted octanol–water partition coefficient (Wildman–Crippen LogP) is 9.13. The molecule has 0 saturated carbocycles. The first-order valence-corrected chi connectivity index (χ1v) is 16.4. The van der Waals surface area contributed by atoms with E-state index in [0.717, 1.165) is 41.3 Å². The molecular weight excluding hydrogens is 534 g/mol. The fraction of sp³-hybridized carbons (Fsp3) is 0.583. The van der Waals surface area contributed by atoms with Crippen LogP contribution in [0, 0.1) is 6.92 Å². The topological polar surface area (TPSA) is 62.0 Å². The summed E-state index contributed by atoms with van der Waals surface area (Å²) < 4.78 is 11.3. The van der Waals surface area contributed by atoms with Crippen LogP contribution >= 0.6 is 0 Å². The van der Waals surface area contributed by atoms with Crippen LogP contribution in [-0.2, 0) is 4.74 Å². The molecule has 0 bridgehead atoms. The Labute approximate surface area is 261 Å². The molecule has 236 valence electrons. The maximum atomic E-state index is 5.85. The van der Waals surface area contributed by atoms with Crippen molar-refractivity contribution in [2.75, 3.05) is 51.2 Å². The fourth-order valence-corrected chi connectivity index (χ4v) is 5.44. The van der Waals surface area contributed by atoms with Crippen molar-refractivity contribution >= 4 is 34.6 Å². The second kappa shape index (κ2) is 18.3. The second-order valence-electron chi connectivity index (χ2n) is 11.8. The number of aryl methyl sites for hydroxylation is 1. The number of benzene rings is 2. The zero-order valence-electron chi connectivity index (χ0n) is 27.9. The largest absolute Gasteiger partial charge is 0.496 e. The van der Waals surface area contributed by atoms with Gasteiger partial charge in [0, 0.05) is 44.1 Å². The van der Waals surface area contributed by atoms with Gasteiger partial charge in [-0.3, -0.25) is 0 Å². The van der Waals surface area contributed by atoms with Gasteiger partial charge in [-0.1, -0.05) is 78.1 Å². The minimum atomic E-state index is 0.305. The zero-order chi connectivity index (χ0) is 31.0. The van der Waals surface area contributed by atoms with E-state index in [2.05, 4.69) is 65.9 Å². The fourth-order valence-electron chi connectivity index (χ4n) is 5.44. The number of hydrogen-bond acceptors (Lipinski definition) is 6. The van der Waals surface area contributed by atoms with Gasteiger partial charge in [0.2, 0.25) is 0 Å². The lowest BCUT2D eigenvalue weighted by molar-refractivity contribution is 0.399. The quantitative estimate of drug-likeness (QED) is 0.153. The van der Waals surface area contributed by atoms with Gasteiger partial charge in [0.1, 0.15) is 11.5 Å². The van der Waals surface area contributed by atoms with Crippen LogP contribution in [0.2, 0.25) is 0 Å². The number of aliphatic imine (C=N–C) groups is 3. The third-order valence-corrected chi connectivity index (χ3v) is 8.09. The van der Waals surface area contributed by atoms with E-state index in [1.54, 1.807) is 14.2 Å². The molecule has 0 amide bonds. The van der Waals surface area contributed by atoms with Gasteiger partial charge in [0.05, 0.1) is 19.9 Å². The average molecular weight is 590 g/mol. The van der Waals surface area contributed by atoms with Gasteiger partial charge in [0.25, 0.3) is 0 Å². The molecule has 1 heterocycles. The molecule has 7 nitrogen and oxygen atoms in total. The number of ether oxygens (including phenoxy) is 2. The Hall–Kier alpha value is -3.35. The first-order chi connectivity index (χ1) is 20.9. The van der Waals surface area contributed by atoms with Crippen LogP contribution in [0.5, 0.6) is 5.75 Å². The molecule has 7 heteroatoms. The molecule has 0 fully saturated rings. The summed E-state index contributed by atoms with van der Waals surface area (Å²) in [5.41, 5.74) is 5.81. The summed E-state index contributed by atoms with van der Waals surface area (Å²) in [6.07, 6.45) is 15.5. The number of rotatable bonds is 19. The monoisotopic (exact) mass is 589 g/mol. The highest BCUT2D eigenvalue weighted by Gasteiger charge is 2.25. The van der Waals surface area contributed by atoms with Gasteiger partial charge in [-0.2, -0.15) is 9.98 Å². The summed E-state index contributed by atoms with van der Waals surface area (Å²) >= 11 is 0. The first-order valence-electron chi connectivity index (χ1n) is 16.4. The molecule has 0 saturated heterocycles. The van der Waals surface area contributed by atoms with Crippen molar-refractivity contribution in [1.82, 2.24) is 0 Å². The van der Waals surface area contributed by atoms with Crippen molar-refractivity contribution in [3.8, 4) is 5.75 Å². The van der Waals surface area contributed by atoms with E-state index >= 15 is 0 Å². The van der Waals surface area contributed by atoms with E-state index in [1.165, 1.54) is 82.7 Å². The lowest BCUT2D eigenvalue weighted by Gasteiger charge is -2.26. The van der Waals surface area contributed by atoms with Crippen LogP contribution in [0.15, 0.2) is 51.4 Å². The average Bonchev–Trinajstić information content (AvgIpc) is 3.42. The van der Waals surface area contributed by atoms with Gasteiger partial charge in [0.15, 0.2) is 5.84 Å². The molecule has 2 aromatic rings. The highest BCUT2D eigenvalue weighted by molar-refractivity contribution is 6.53. The minimum absolute atomic E-state index is 0.305. The minimum Gasteiger partial charge on any atom is -0.496 e. The molecule has 3 rings (SSSR count). The van der Waals surface area contributed by atoms with Crippen molar-refractivity contribution in [3.05, 3.63) is 47.5 Å². The standard InChI is InChI=1S/C36H55N5O2/c1-8-10-12-14-16-18-24-41(25-19-17-15-13-11-9-2)30-21-23-33(42-6)31(27-30)34-35(39-36(38-34)43-7)37-32-22-20-29(40(4)5)26-28(32)3/h20-23,26-27H,8-19,24-25H2,1-7H3. The maximum absolute atomic E-state index is 5.85. The number of methoxy groups -OCH3 is 2. The van der Waals surface area contributed by atoms with E-state index in [9.17, 15) is 0 Å². The van der Waals surface area contributed by atoms with Crippen LogP contribution in [0.25, 0.3) is 0 Å². The summed E-state index contributed by atoms with van der Waals surface area (Å²) in [7, 11) is 7.38. The molecule has 0 unspecified atom stereocenters. The zero-order valence-corrected chi connectivity index (χ0v) is 27.9. The normalized spacial score (nSPS) is 13.7. The molecule has 0 N–H and O–H groups in total. The van der Waals surface area contributed by atoms with Gasteiger partial charge in [-0.05, 0) is 61.7 Å². The third kappa shape index (κ3) is 10.4. The van der Waals surface area contributed by atoms with Crippen molar-refractivity contribution in [1.29, 1.82) is 0 Å². The Morgan fingerprint density at radius 2 is 1.30 bits per heavy atom. The van der Waals surface area contributed by atoms with Crippen molar-refractivity contribution in [2.24, 2.45) is 15.0 Å². The summed E-state index contributed by atoms with van der Waals surface area (Å²) in [4.78, 5) is 19.0. The van der Waals surface area contributed by atoms with E-state index in [0.29, 0.717) is 17.6 Å². The Balaban J connectivity index is 1.90. The lowest BCUT2D eigenvalue weighted by atomic mass is 10.0. The van der Waals surface area contributed by atoms with Crippen LogP contribution in [0.4, 0.5) is 17.1 Å². The van der Waals surface area contributed by atoms with Gasteiger partial charge >= 0.3 is 6.02 Å². The molecule has 0 aliphatic carbocycles. The first kappa shape index (κ1) is 34.1. The number of hydrogen-bond donors (Lipinski definition) is 0. The van der Waals surface area contributed by atoms with E-state index in [1.807, 2.05) is 20.2 Å². The molecular formula is C36H55N5O2. The summed E-state index contributed by atoms with van der Waals surface area (Å²) in [5.74, 6) is 1.29. The van der Waals surface area contributed by atoms with Crippen LogP contribution < -0.4 is 14.5 Å². The smallest absolute Gasteiger partial charge is 0.318 e. The molecule has 0 radical (unpaired) electrons. The van der Waals surface area contributed by atoms with Gasteiger partial charge in [-0.15, -0.1) is 0 Å². The van der Waals surface area contributed by atoms with E-state index in [-0.39, 0.29) is 0 Å². The number of anilines is 2. The lowest BCUT2D eigenvalue weighted by Crippen LogP contribution is -2.26. The molecule has 43 heavy (non-hydrogen) atoms. The highest BCUT2D eigenvalue weighted by Crippen LogP contribution is 2.30. The number of unbranched alkanes of at least 4 members (excludes halogenated alkanes) is 10. The van der Waals surface area contributed by atoms with Gasteiger partial charge < -0.3 is 19.3 Å². The van der Waals surface area contributed by atoms with Crippen molar-refractivity contribution < 1.29 is 9.47 Å². The van der Waals surface area contributed by atoms with Crippen LogP contribution in [-0.4, -0.2) is 59.0 Å². The van der Waals surface area contributed by atoms with E-state index in [4.69, 9.17) is 19.5 Å². The predicted molar refractivity (Wildman–Crippen MR) is 186 cm³/mol. The van der Waals surface area contributed by atoms with Crippen LogP contribution in [0.3, 0.4) is 0 Å². The molecule has 1 aliphatic heterocycles. The summed E-state index contributed by atoms with van der Waals surface area (Å²) in [6.45, 7) is 8.73. The van der Waals surface area contributed by atoms with Crippen LogP contribution in [0.1, 0.15) is 102 Å². The maximum Gasteiger partial charge on any atom is 0.318 e. The second-order valence-corrected chi connectivity index (χ2v) is 11.8. The Bertz CT molecular complexity index is 1220. The summed E-state index contributed by atoms with van der Waals surface area (Å²) in [5, 5.41) is 0. The third-order valence-electron chi connectivity index (χ3n) is 8.09. The Morgan fingerprint density at radius 1 is 0.698 bits per heavy atom. The Kier molecular flexibility index (Phi) is 14.6. The molecule has 2 aromatic carbocycles.